The summed E-state index contributed by atoms with van der Waals surface area (Å²) in [5.74, 6) is 0.374. The van der Waals surface area contributed by atoms with E-state index in [9.17, 15) is 4.39 Å². The van der Waals surface area contributed by atoms with E-state index in [4.69, 9.17) is 4.74 Å². The van der Waals surface area contributed by atoms with Crippen molar-refractivity contribution in [1.29, 1.82) is 0 Å². The van der Waals surface area contributed by atoms with Crippen molar-refractivity contribution < 1.29 is 9.13 Å². The standard InChI is InChI=1S/C14H21FN2O/c1-11(10-17-7-5-16-6-8-17)12-3-4-14(18-2)13(15)9-12/h3-4,9,11,16H,5-8,10H2,1-2H3. The van der Waals surface area contributed by atoms with Crippen molar-refractivity contribution in [3.05, 3.63) is 29.6 Å². The largest absolute Gasteiger partial charge is 0.494 e. The van der Waals surface area contributed by atoms with Crippen LogP contribution >= 0.6 is 0 Å². The van der Waals surface area contributed by atoms with Gasteiger partial charge in [0.05, 0.1) is 7.11 Å². The fourth-order valence-electron chi connectivity index (χ4n) is 2.38. The van der Waals surface area contributed by atoms with Gasteiger partial charge < -0.3 is 15.0 Å². The second-order valence-electron chi connectivity index (χ2n) is 4.85. The first kappa shape index (κ1) is 13.3. The number of benzene rings is 1. The van der Waals surface area contributed by atoms with Gasteiger partial charge in [0.2, 0.25) is 0 Å². The SMILES string of the molecule is COc1ccc(C(C)CN2CCNCC2)cc1F. The van der Waals surface area contributed by atoms with E-state index in [1.54, 1.807) is 12.1 Å². The van der Waals surface area contributed by atoms with Gasteiger partial charge in [-0.15, -0.1) is 0 Å². The fourth-order valence-corrected chi connectivity index (χ4v) is 2.38. The normalized spacial score (nSPS) is 18.6. The third-order valence-electron chi connectivity index (χ3n) is 3.49. The third kappa shape index (κ3) is 3.21. The first-order valence-corrected chi connectivity index (χ1v) is 6.47. The molecule has 0 bridgehead atoms. The van der Waals surface area contributed by atoms with Crippen LogP contribution in [-0.2, 0) is 0 Å². The molecular formula is C14H21FN2O. The van der Waals surface area contributed by atoms with Crippen molar-refractivity contribution in [2.24, 2.45) is 0 Å². The highest BCUT2D eigenvalue weighted by Crippen LogP contribution is 2.23. The van der Waals surface area contributed by atoms with Crippen LogP contribution < -0.4 is 10.1 Å². The minimum Gasteiger partial charge on any atom is -0.494 e. The molecule has 3 nitrogen and oxygen atoms in total. The number of nitrogens with one attached hydrogen (secondary N) is 1. The lowest BCUT2D eigenvalue weighted by molar-refractivity contribution is 0.230. The summed E-state index contributed by atoms with van der Waals surface area (Å²) >= 11 is 0. The molecule has 1 aliphatic rings. The number of hydrogen-bond donors (Lipinski definition) is 1. The van der Waals surface area contributed by atoms with Gasteiger partial charge in [0.25, 0.3) is 0 Å². The van der Waals surface area contributed by atoms with E-state index >= 15 is 0 Å². The van der Waals surface area contributed by atoms with Crippen LogP contribution in [0, 0.1) is 5.82 Å². The second-order valence-corrected chi connectivity index (χ2v) is 4.85. The number of piperazine rings is 1. The van der Waals surface area contributed by atoms with Crippen LogP contribution in [0.2, 0.25) is 0 Å². The van der Waals surface area contributed by atoms with E-state index in [1.165, 1.54) is 7.11 Å². The molecule has 0 radical (unpaired) electrons. The predicted octanol–water partition coefficient (Wildman–Crippen LogP) is 1.84. The lowest BCUT2D eigenvalue weighted by Gasteiger charge is -2.29. The Morgan fingerprint density at radius 3 is 2.72 bits per heavy atom. The zero-order valence-corrected chi connectivity index (χ0v) is 11.1. The quantitative estimate of drug-likeness (QED) is 0.885. The molecule has 0 amide bonds. The summed E-state index contributed by atoms with van der Waals surface area (Å²) in [6.45, 7) is 7.36. The Hall–Kier alpha value is -1.13. The zero-order chi connectivity index (χ0) is 13.0. The van der Waals surface area contributed by atoms with Crippen molar-refractivity contribution in [2.75, 3.05) is 39.8 Å². The van der Waals surface area contributed by atoms with Gasteiger partial charge in [-0.25, -0.2) is 4.39 Å². The number of rotatable bonds is 4. The van der Waals surface area contributed by atoms with E-state index in [1.807, 2.05) is 6.07 Å². The van der Waals surface area contributed by atoms with Crippen LogP contribution in [0.3, 0.4) is 0 Å². The molecule has 1 N–H and O–H groups in total. The Kier molecular flexibility index (Phi) is 4.55. The first-order chi connectivity index (χ1) is 8.70. The first-order valence-electron chi connectivity index (χ1n) is 6.47. The molecule has 1 aromatic rings. The van der Waals surface area contributed by atoms with E-state index < -0.39 is 0 Å². The smallest absolute Gasteiger partial charge is 0.165 e. The molecule has 1 unspecified atom stereocenters. The van der Waals surface area contributed by atoms with Gasteiger partial charge in [0.1, 0.15) is 0 Å². The van der Waals surface area contributed by atoms with Gasteiger partial charge in [-0.1, -0.05) is 13.0 Å². The van der Waals surface area contributed by atoms with Crippen LogP contribution in [-0.4, -0.2) is 44.7 Å². The molecule has 0 spiro atoms. The molecule has 0 aromatic heterocycles. The Labute approximate surface area is 108 Å². The number of methoxy groups -OCH3 is 1. The van der Waals surface area contributed by atoms with E-state index in [0.29, 0.717) is 11.7 Å². The van der Waals surface area contributed by atoms with Crippen molar-refractivity contribution >= 4 is 0 Å². The van der Waals surface area contributed by atoms with Crippen molar-refractivity contribution in [3.63, 3.8) is 0 Å². The number of nitrogens with zero attached hydrogens (tertiary/aromatic N) is 1. The molecule has 0 saturated carbocycles. The van der Waals surface area contributed by atoms with Gasteiger partial charge >= 0.3 is 0 Å². The molecule has 1 atom stereocenters. The van der Waals surface area contributed by atoms with Crippen LogP contribution in [0.4, 0.5) is 4.39 Å². The molecule has 4 heteroatoms. The van der Waals surface area contributed by atoms with Crippen LogP contribution in [0.25, 0.3) is 0 Å². The van der Waals surface area contributed by atoms with Crippen molar-refractivity contribution in [1.82, 2.24) is 10.2 Å². The molecular weight excluding hydrogens is 231 g/mol. The average molecular weight is 252 g/mol. The third-order valence-corrected chi connectivity index (χ3v) is 3.49. The highest BCUT2D eigenvalue weighted by atomic mass is 19.1. The lowest BCUT2D eigenvalue weighted by atomic mass is 10.00. The predicted molar refractivity (Wildman–Crippen MR) is 70.7 cm³/mol. The number of hydrogen-bond acceptors (Lipinski definition) is 3. The summed E-state index contributed by atoms with van der Waals surface area (Å²) in [5.41, 5.74) is 1.03. The average Bonchev–Trinajstić information content (AvgIpc) is 2.39. The fraction of sp³-hybridized carbons (Fsp3) is 0.571. The van der Waals surface area contributed by atoms with Gasteiger partial charge in [0, 0.05) is 32.7 Å². The Morgan fingerprint density at radius 1 is 1.39 bits per heavy atom. The maximum Gasteiger partial charge on any atom is 0.165 e. The minimum atomic E-state index is -0.276. The van der Waals surface area contributed by atoms with Gasteiger partial charge in [-0.3, -0.25) is 0 Å². The van der Waals surface area contributed by atoms with E-state index in [2.05, 4.69) is 17.1 Å². The molecule has 1 saturated heterocycles. The molecule has 1 heterocycles. The molecule has 18 heavy (non-hydrogen) atoms. The minimum absolute atomic E-state index is 0.276. The van der Waals surface area contributed by atoms with E-state index in [0.717, 1.165) is 38.3 Å². The summed E-state index contributed by atoms with van der Waals surface area (Å²) in [7, 11) is 1.49. The summed E-state index contributed by atoms with van der Waals surface area (Å²) in [6, 6.07) is 5.25. The number of ether oxygens (including phenoxy) is 1. The molecule has 1 aromatic carbocycles. The van der Waals surface area contributed by atoms with Crippen LogP contribution in [0.5, 0.6) is 5.75 Å². The highest BCUT2D eigenvalue weighted by molar-refractivity contribution is 5.31. The van der Waals surface area contributed by atoms with Crippen LogP contribution in [0.15, 0.2) is 18.2 Å². The highest BCUT2D eigenvalue weighted by Gasteiger charge is 2.15. The molecule has 0 aliphatic carbocycles. The molecule has 1 aliphatic heterocycles. The Morgan fingerprint density at radius 2 is 2.11 bits per heavy atom. The monoisotopic (exact) mass is 252 g/mol. The van der Waals surface area contributed by atoms with Crippen LogP contribution in [0.1, 0.15) is 18.4 Å². The van der Waals surface area contributed by atoms with Crippen molar-refractivity contribution in [2.45, 2.75) is 12.8 Å². The molecule has 2 rings (SSSR count). The maximum absolute atomic E-state index is 13.6. The summed E-state index contributed by atoms with van der Waals surface area (Å²) in [6.07, 6.45) is 0. The van der Waals surface area contributed by atoms with Gasteiger partial charge in [-0.2, -0.15) is 0 Å². The Balaban J connectivity index is 1.99. The zero-order valence-electron chi connectivity index (χ0n) is 11.1. The van der Waals surface area contributed by atoms with Gasteiger partial charge in [-0.05, 0) is 23.6 Å². The maximum atomic E-state index is 13.6. The molecule has 100 valence electrons. The lowest BCUT2D eigenvalue weighted by Crippen LogP contribution is -2.44. The second kappa shape index (κ2) is 6.16. The van der Waals surface area contributed by atoms with Gasteiger partial charge in [0.15, 0.2) is 11.6 Å². The van der Waals surface area contributed by atoms with Crippen molar-refractivity contribution in [3.8, 4) is 5.75 Å². The summed E-state index contributed by atoms with van der Waals surface area (Å²) in [4.78, 5) is 2.42. The topological polar surface area (TPSA) is 24.5 Å². The summed E-state index contributed by atoms with van der Waals surface area (Å²) < 4.78 is 18.6. The van der Waals surface area contributed by atoms with E-state index in [-0.39, 0.29) is 5.82 Å². The number of halogens is 1. The molecule has 1 fully saturated rings. The Bertz CT molecular complexity index is 391. The summed E-state index contributed by atoms with van der Waals surface area (Å²) in [5, 5.41) is 3.33.